The lowest BCUT2D eigenvalue weighted by atomic mass is 10.1. The number of aromatic nitrogens is 1. The predicted octanol–water partition coefficient (Wildman–Crippen LogP) is 2.76. The van der Waals surface area contributed by atoms with Gasteiger partial charge in [-0.2, -0.15) is 0 Å². The van der Waals surface area contributed by atoms with Crippen LogP contribution >= 0.6 is 11.3 Å². The van der Waals surface area contributed by atoms with Gasteiger partial charge in [0.1, 0.15) is 29.7 Å². The van der Waals surface area contributed by atoms with E-state index in [2.05, 4.69) is 15.2 Å². The van der Waals surface area contributed by atoms with Crippen LogP contribution in [0.5, 0.6) is 5.75 Å². The van der Waals surface area contributed by atoms with E-state index in [9.17, 15) is 9.59 Å². The number of aryl methyl sites for hydroxylation is 2. The molecule has 0 radical (unpaired) electrons. The van der Waals surface area contributed by atoms with Gasteiger partial charge >= 0.3 is 0 Å². The van der Waals surface area contributed by atoms with Gasteiger partial charge < -0.3 is 25.1 Å². The molecule has 164 valence electrons. The van der Waals surface area contributed by atoms with E-state index in [4.69, 9.17) is 14.9 Å². The van der Waals surface area contributed by atoms with E-state index in [0.29, 0.717) is 47.2 Å². The van der Waals surface area contributed by atoms with Crippen LogP contribution in [-0.4, -0.2) is 47.4 Å². The van der Waals surface area contributed by atoms with Crippen LogP contribution in [-0.2, 0) is 11.4 Å². The average Bonchev–Trinajstić information content (AvgIpc) is 3.41. The van der Waals surface area contributed by atoms with Gasteiger partial charge in [0.2, 0.25) is 5.91 Å². The van der Waals surface area contributed by atoms with Crippen molar-refractivity contribution in [2.24, 2.45) is 5.73 Å². The monoisotopic (exact) mass is 442 g/mol. The Morgan fingerprint density at radius 2 is 2.16 bits per heavy atom. The molecular formula is C22H26N4O4S. The first-order chi connectivity index (χ1) is 14.8. The molecule has 1 aliphatic carbocycles. The number of nitrogens with zero attached hydrogens (tertiary/aromatic N) is 2. The molecule has 1 fully saturated rings. The normalized spacial score (nSPS) is 14.7. The fourth-order valence-corrected chi connectivity index (χ4v) is 4.30. The average molecular weight is 443 g/mol. The highest BCUT2D eigenvalue weighted by atomic mass is 32.1. The van der Waals surface area contributed by atoms with Gasteiger partial charge in [-0.05, 0) is 51.9 Å². The number of furan rings is 1. The van der Waals surface area contributed by atoms with Crippen LogP contribution in [0.4, 0.5) is 0 Å². The number of nitrogens with one attached hydrogen (secondary N) is 1. The van der Waals surface area contributed by atoms with Crippen molar-refractivity contribution in [3.8, 4) is 5.75 Å². The fourth-order valence-electron chi connectivity index (χ4n) is 3.59. The van der Waals surface area contributed by atoms with Crippen molar-refractivity contribution in [3.05, 3.63) is 45.6 Å². The summed E-state index contributed by atoms with van der Waals surface area (Å²) in [5, 5.41) is 4.40. The standard InChI is InChI=1S/C22H26N4O4S/c1-12-20(22(28)25-18(21(23)27)10-26(3)14-4-5-14)17-8-15(6-7-19(17)30-12)29-11-16-9-24-13(2)31-16/h6-9,14,18H,4-5,10-11H2,1-3H3,(H2,23,27)(H,25,28). The number of hydrogen-bond donors (Lipinski definition) is 2. The van der Waals surface area contributed by atoms with Gasteiger partial charge in [-0.15, -0.1) is 11.3 Å². The molecular weight excluding hydrogens is 416 g/mol. The summed E-state index contributed by atoms with van der Waals surface area (Å²) in [7, 11) is 1.94. The van der Waals surface area contributed by atoms with Crippen LogP contribution in [0.25, 0.3) is 11.0 Å². The van der Waals surface area contributed by atoms with Gasteiger partial charge in [0, 0.05) is 24.2 Å². The minimum Gasteiger partial charge on any atom is -0.488 e. The molecule has 9 heteroatoms. The van der Waals surface area contributed by atoms with Gasteiger partial charge in [0.05, 0.1) is 15.4 Å². The number of fused-ring (bicyclic) bond motifs is 1. The topological polar surface area (TPSA) is 111 Å². The Kier molecular flexibility index (Phi) is 5.97. The van der Waals surface area contributed by atoms with Crippen LogP contribution in [0.15, 0.2) is 28.8 Å². The van der Waals surface area contributed by atoms with Crippen molar-refractivity contribution in [1.82, 2.24) is 15.2 Å². The lowest BCUT2D eigenvalue weighted by molar-refractivity contribution is -0.120. The zero-order chi connectivity index (χ0) is 22.1. The van der Waals surface area contributed by atoms with Crippen molar-refractivity contribution >= 4 is 34.1 Å². The Labute approximate surface area is 184 Å². The highest BCUT2D eigenvalue weighted by molar-refractivity contribution is 7.11. The molecule has 1 aromatic carbocycles. The molecule has 0 bridgehead atoms. The molecule has 2 aromatic heterocycles. The van der Waals surface area contributed by atoms with Crippen molar-refractivity contribution < 1.29 is 18.7 Å². The summed E-state index contributed by atoms with van der Waals surface area (Å²) >= 11 is 1.58. The molecule has 3 aromatic rings. The SMILES string of the molecule is Cc1ncc(COc2ccc3oc(C)c(C(=O)NC(CN(C)C4CC4)C(N)=O)c3c2)s1. The molecule has 0 aliphatic heterocycles. The van der Waals surface area contributed by atoms with Crippen LogP contribution in [0, 0.1) is 13.8 Å². The van der Waals surface area contributed by atoms with Gasteiger partial charge in [-0.25, -0.2) is 4.98 Å². The molecule has 4 rings (SSSR count). The smallest absolute Gasteiger partial charge is 0.256 e. The van der Waals surface area contributed by atoms with Crippen molar-refractivity contribution in [1.29, 1.82) is 0 Å². The zero-order valence-corrected chi connectivity index (χ0v) is 18.6. The van der Waals surface area contributed by atoms with E-state index >= 15 is 0 Å². The molecule has 2 heterocycles. The van der Waals surface area contributed by atoms with E-state index in [1.807, 2.05) is 14.0 Å². The Hall–Kier alpha value is -2.91. The predicted molar refractivity (Wildman–Crippen MR) is 118 cm³/mol. The Bertz CT molecular complexity index is 1120. The van der Waals surface area contributed by atoms with Crippen LogP contribution in [0.2, 0.25) is 0 Å². The van der Waals surface area contributed by atoms with Crippen LogP contribution in [0.1, 0.15) is 38.8 Å². The van der Waals surface area contributed by atoms with Gasteiger partial charge in [0.15, 0.2) is 0 Å². The van der Waals surface area contributed by atoms with E-state index in [1.54, 1.807) is 42.7 Å². The second-order valence-electron chi connectivity index (χ2n) is 7.92. The first kappa shape index (κ1) is 21.3. The first-order valence-electron chi connectivity index (χ1n) is 10.2. The Morgan fingerprint density at radius 3 is 2.81 bits per heavy atom. The van der Waals surface area contributed by atoms with Crippen LogP contribution < -0.4 is 15.8 Å². The highest BCUT2D eigenvalue weighted by Gasteiger charge is 2.31. The van der Waals surface area contributed by atoms with E-state index in [0.717, 1.165) is 22.7 Å². The van der Waals surface area contributed by atoms with E-state index in [-0.39, 0.29) is 5.91 Å². The second kappa shape index (κ2) is 8.68. The second-order valence-corrected chi connectivity index (χ2v) is 9.24. The number of primary amides is 1. The summed E-state index contributed by atoms with van der Waals surface area (Å²) in [5.41, 5.74) is 6.51. The third-order valence-electron chi connectivity index (χ3n) is 5.40. The number of rotatable bonds is 9. The molecule has 2 amide bonds. The van der Waals surface area contributed by atoms with E-state index in [1.165, 1.54) is 0 Å². The van der Waals surface area contributed by atoms with Crippen LogP contribution in [0.3, 0.4) is 0 Å². The van der Waals surface area contributed by atoms with Crippen molar-refractivity contribution in [3.63, 3.8) is 0 Å². The minimum absolute atomic E-state index is 0.378. The number of amides is 2. The number of ether oxygens (including phenoxy) is 1. The number of carbonyl (C=O) groups is 2. The number of likely N-dealkylation sites (N-methyl/N-ethyl adjacent to an activating group) is 1. The first-order valence-corrected chi connectivity index (χ1v) is 11.0. The van der Waals surface area contributed by atoms with Crippen molar-refractivity contribution in [2.75, 3.05) is 13.6 Å². The minimum atomic E-state index is -0.781. The quantitative estimate of drug-likeness (QED) is 0.527. The molecule has 1 aliphatic rings. The maximum Gasteiger partial charge on any atom is 0.256 e. The number of thiazole rings is 1. The number of nitrogens with two attached hydrogens (primary N) is 1. The molecule has 1 saturated carbocycles. The number of hydrogen-bond acceptors (Lipinski definition) is 7. The lowest BCUT2D eigenvalue weighted by Crippen LogP contribution is -2.50. The highest BCUT2D eigenvalue weighted by Crippen LogP contribution is 2.30. The largest absolute Gasteiger partial charge is 0.488 e. The molecule has 1 atom stereocenters. The van der Waals surface area contributed by atoms with E-state index < -0.39 is 11.9 Å². The number of carbonyl (C=O) groups excluding carboxylic acids is 2. The lowest BCUT2D eigenvalue weighted by Gasteiger charge is -2.22. The summed E-state index contributed by atoms with van der Waals surface area (Å²) in [6.07, 6.45) is 4.00. The number of benzene rings is 1. The molecule has 8 nitrogen and oxygen atoms in total. The summed E-state index contributed by atoms with van der Waals surface area (Å²) < 4.78 is 11.6. The third kappa shape index (κ3) is 4.88. The maximum atomic E-state index is 13.1. The Balaban J connectivity index is 1.52. The molecule has 3 N–H and O–H groups in total. The maximum absolute atomic E-state index is 13.1. The molecule has 0 saturated heterocycles. The summed E-state index contributed by atoms with van der Waals surface area (Å²) in [6, 6.07) is 5.04. The summed E-state index contributed by atoms with van der Waals surface area (Å²) in [5.74, 6) is 0.143. The van der Waals surface area contributed by atoms with Gasteiger partial charge in [0.25, 0.3) is 5.91 Å². The molecule has 31 heavy (non-hydrogen) atoms. The van der Waals surface area contributed by atoms with Crippen molar-refractivity contribution in [2.45, 2.75) is 45.4 Å². The summed E-state index contributed by atoms with van der Waals surface area (Å²) in [6.45, 7) is 4.45. The van der Waals surface area contributed by atoms with Gasteiger partial charge in [-0.3, -0.25) is 9.59 Å². The molecule has 0 spiro atoms. The van der Waals surface area contributed by atoms with Gasteiger partial charge in [-0.1, -0.05) is 0 Å². The summed E-state index contributed by atoms with van der Waals surface area (Å²) in [4.78, 5) is 32.3. The third-order valence-corrected chi connectivity index (χ3v) is 6.29. The zero-order valence-electron chi connectivity index (χ0n) is 17.8. The Morgan fingerprint density at radius 1 is 1.39 bits per heavy atom. The fraction of sp³-hybridized carbons (Fsp3) is 0.409. The molecule has 1 unspecified atom stereocenters.